The Bertz CT molecular complexity index is 1020. The molecule has 3 rings (SSSR count). The van der Waals surface area contributed by atoms with Crippen molar-refractivity contribution in [2.75, 3.05) is 5.32 Å². The Hall–Kier alpha value is -3.42. The van der Waals surface area contributed by atoms with Crippen molar-refractivity contribution >= 4 is 28.5 Å². The minimum absolute atomic E-state index is 0.0490. The summed E-state index contributed by atoms with van der Waals surface area (Å²) in [5.41, 5.74) is -0.0104. The number of rotatable bonds is 4. The van der Waals surface area contributed by atoms with E-state index in [1.165, 1.54) is 13.0 Å². The van der Waals surface area contributed by atoms with Gasteiger partial charge < -0.3 is 10.1 Å². The third-order valence-electron chi connectivity index (χ3n) is 3.94. The van der Waals surface area contributed by atoms with Crippen LogP contribution in [0.15, 0.2) is 60.7 Å². The first-order chi connectivity index (χ1) is 13.2. The molecule has 1 N–H and O–H groups in total. The van der Waals surface area contributed by atoms with Crippen LogP contribution in [0.4, 0.5) is 18.9 Å². The molecular formula is C20H15F3N2O3. The smallest absolute Gasteiger partial charge is 0.416 e. The van der Waals surface area contributed by atoms with Gasteiger partial charge in [0.1, 0.15) is 5.69 Å². The number of carbonyl (C=O) groups excluding carboxylic acids is 2. The Morgan fingerprint density at radius 2 is 1.68 bits per heavy atom. The summed E-state index contributed by atoms with van der Waals surface area (Å²) in [6.07, 6.45) is -5.62. The monoisotopic (exact) mass is 388 g/mol. The molecule has 8 heteroatoms. The van der Waals surface area contributed by atoms with Gasteiger partial charge in [-0.3, -0.25) is 4.79 Å². The highest BCUT2D eigenvalue weighted by Crippen LogP contribution is 2.29. The number of aromatic nitrogens is 1. The van der Waals surface area contributed by atoms with Gasteiger partial charge in [0.25, 0.3) is 5.91 Å². The van der Waals surface area contributed by atoms with E-state index in [1.807, 2.05) is 12.1 Å². The largest absolute Gasteiger partial charge is 0.448 e. The van der Waals surface area contributed by atoms with Gasteiger partial charge in [0.2, 0.25) is 0 Å². The molecule has 1 atom stereocenters. The minimum atomic E-state index is -4.46. The van der Waals surface area contributed by atoms with E-state index in [2.05, 4.69) is 10.3 Å². The van der Waals surface area contributed by atoms with Crippen molar-refractivity contribution in [1.82, 2.24) is 4.98 Å². The van der Waals surface area contributed by atoms with Gasteiger partial charge in [-0.15, -0.1) is 0 Å². The molecule has 0 bridgehead atoms. The van der Waals surface area contributed by atoms with E-state index in [4.69, 9.17) is 4.74 Å². The molecule has 0 saturated heterocycles. The maximum atomic E-state index is 12.6. The number of hydrogen-bond acceptors (Lipinski definition) is 4. The van der Waals surface area contributed by atoms with E-state index in [9.17, 15) is 22.8 Å². The number of hydrogen-bond donors (Lipinski definition) is 1. The maximum absolute atomic E-state index is 12.6. The lowest BCUT2D eigenvalue weighted by Crippen LogP contribution is -2.30. The molecule has 0 aliphatic heterocycles. The van der Waals surface area contributed by atoms with Gasteiger partial charge in [-0.1, -0.05) is 24.3 Å². The number of ether oxygens (including phenoxy) is 1. The van der Waals surface area contributed by atoms with E-state index in [0.717, 1.165) is 29.7 Å². The molecule has 1 aromatic heterocycles. The second-order valence-electron chi connectivity index (χ2n) is 6.00. The molecule has 0 unspecified atom stereocenters. The quantitative estimate of drug-likeness (QED) is 0.671. The molecular weight excluding hydrogens is 373 g/mol. The van der Waals surface area contributed by atoms with Crippen LogP contribution in [-0.2, 0) is 15.7 Å². The Labute approximate surface area is 158 Å². The summed E-state index contributed by atoms with van der Waals surface area (Å²) < 4.78 is 42.8. The molecule has 0 aliphatic rings. The normalized spacial score (nSPS) is 12.4. The van der Waals surface area contributed by atoms with E-state index in [-0.39, 0.29) is 11.4 Å². The molecule has 144 valence electrons. The fraction of sp³-hybridized carbons (Fsp3) is 0.150. The molecule has 0 fully saturated rings. The number of esters is 1. The van der Waals surface area contributed by atoms with Crippen LogP contribution in [0.3, 0.4) is 0 Å². The first-order valence-electron chi connectivity index (χ1n) is 8.29. The summed E-state index contributed by atoms with van der Waals surface area (Å²) >= 11 is 0. The Morgan fingerprint density at radius 1 is 1.00 bits per heavy atom. The number of carbonyl (C=O) groups is 2. The maximum Gasteiger partial charge on any atom is 0.416 e. The fourth-order valence-corrected chi connectivity index (χ4v) is 2.44. The van der Waals surface area contributed by atoms with Crippen molar-refractivity contribution in [2.45, 2.75) is 19.2 Å². The van der Waals surface area contributed by atoms with Gasteiger partial charge in [0.05, 0.1) is 11.1 Å². The predicted octanol–water partition coefficient (Wildman–Crippen LogP) is 4.44. The van der Waals surface area contributed by atoms with Gasteiger partial charge in [-0.05, 0) is 43.3 Å². The Kier molecular flexibility index (Phi) is 5.30. The van der Waals surface area contributed by atoms with E-state index in [0.29, 0.717) is 5.52 Å². The number of nitrogens with zero attached hydrogens (tertiary/aromatic N) is 1. The molecule has 3 aromatic rings. The lowest BCUT2D eigenvalue weighted by atomic mass is 10.2. The summed E-state index contributed by atoms with van der Waals surface area (Å²) in [5.74, 6) is -1.45. The highest BCUT2D eigenvalue weighted by Gasteiger charge is 2.30. The summed E-state index contributed by atoms with van der Waals surface area (Å²) in [6.45, 7) is 1.36. The average Bonchev–Trinajstić information content (AvgIpc) is 2.67. The molecule has 0 saturated carbocycles. The van der Waals surface area contributed by atoms with Gasteiger partial charge in [-0.2, -0.15) is 13.2 Å². The number of nitrogens with one attached hydrogen (secondary N) is 1. The molecule has 0 radical (unpaired) electrons. The predicted molar refractivity (Wildman–Crippen MR) is 96.7 cm³/mol. The zero-order valence-corrected chi connectivity index (χ0v) is 14.7. The number of pyridine rings is 1. The second kappa shape index (κ2) is 7.67. The number of fused-ring (bicyclic) bond motifs is 1. The zero-order valence-electron chi connectivity index (χ0n) is 14.7. The standard InChI is InChI=1S/C20H15F3N2O3/c1-12(18(26)24-15-9-7-14(8-10-15)20(21,22)23)28-19(27)17-11-6-13-4-2-3-5-16(13)25-17/h2-12H,1H3,(H,24,26)/t12-/m0/s1. The van der Waals surface area contributed by atoms with Crippen LogP contribution in [0.5, 0.6) is 0 Å². The molecule has 0 spiro atoms. The number of para-hydroxylation sites is 1. The summed E-state index contributed by atoms with van der Waals surface area (Å²) in [4.78, 5) is 28.6. The number of amides is 1. The molecule has 28 heavy (non-hydrogen) atoms. The van der Waals surface area contributed by atoms with Gasteiger partial charge >= 0.3 is 12.1 Å². The van der Waals surface area contributed by atoms with Crippen LogP contribution in [0.2, 0.25) is 0 Å². The number of benzene rings is 2. The SMILES string of the molecule is C[C@H](OC(=O)c1ccc2ccccc2n1)C(=O)Nc1ccc(C(F)(F)F)cc1. The van der Waals surface area contributed by atoms with Crippen molar-refractivity contribution in [3.63, 3.8) is 0 Å². The van der Waals surface area contributed by atoms with Crippen molar-refractivity contribution in [2.24, 2.45) is 0 Å². The zero-order chi connectivity index (χ0) is 20.3. The van der Waals surface area contributed by atoms with Crippen LogP contribution < -0.4 is 5.32 Å². The van der Waals surface area contributed by atoms with Crippen LogP contribution in [0, 0.1) is 0 Å². The third-order valence-corrected chi connectivity index (χ3v) is 3.94. The summed E-state index contributed by atoms with van der Waals surface area (Å²) in [5, 5.41) is 3.26. The lowest BCUT2D eigenvalue weighted by Gasteiger charge is -2.14. The fourth-order valence-electron chi connectivity index (χ4n) is 2.44. The number of anilines is 1. The number of halogens is 3. The van der Waals surface area contributed by atoms with Crippen LogP contribution in [0.1, 0.15) is 23.0 Å². The Balaban J connectivity index is 1.63. The first-order valence-corrected chi connectivity index (χ1v) is 8.29. The van der Waals surface area contributed by atoms with Crippen LogP contribution >= 0.6 is 0 Å². The summed E-state index contributed by atoms with van der Waals surface area (Å²) in [7, 11) is 0. The van der Waals surface area contributed by atoms with Crippen molar-refractivity contribution < 1.29 is 27.5 Å². The molecule has 1 amide bonds. The second-order valence-corrected chi connectivity index (χ2v) is 6.00. The molecule has 5 nitrogen and oxygen atoms in total. The van der Waals surface area contributed by atoms with Crippen molar-refractivity contribution in [3.8, 4) is 0 Å². The van der Waals surface area contributed by atoms with Crippen molar-refractivity contribution in [3.05, 3.63) is 71.9 Å². The molecule has 2 aromatic carbocycles. The average molecular weight is 388 g/mol. The molecule has 0 aliphatic carbocycles. The Morgan fingerprint density at radius 3 is 2.36 bits per heavy atom. The number of alkyl halides is 3. The minimum Gasteiger partial charge on any atom is -0.448 e. The highest BCUT2D eigenvalue weighted by atomic mass is 19.4. The molecule has 1 heterocycles. The highest BCUT2D eigenvalue weighted by molar-refractivity contribution is 5.97. The first kappa shape index (κ1) is 19.3. The van der Waals surface area contributed by atoms with Crippen LogP contribution in [-0.4, -0.2) is 23.0 Å². The van der Waals surface area contributed by atoms with Gasteiger partial charge in [0, 0.05) is 11.1 Å². The van der Waals surface area contributed by atoms with Gasteiger partial charge in [-0.25, -0.2) is 9.78 Å². The van der Waals surface area contributed by atoms with E-state index < -0.39 is 29.7 Å². The lowest BCUT2D eigenvalue weighted by molar-refractivity contribution is -0.137. The van der Waals surface area contributed by atoms with Crippen molar-refractivity contribution in [1.29, 1.82) is 0 Å². The van der Waals surface area contributed by atoms with Crippen LogP contribution in [0.25, 0.3) is 10.9 Å². The third kappa shape index (κ3) is 4.46. The topological polar surface area (TPSA) is 68.3 Å². The van der Waals surface area contributed by atoms with E-state index >= 15 is 0 Å². The van der Waals surface area contributed by atoms with Gasteiger partial charge in [0.15, 0.2) is 6.10 Å². The summed E-state index contributed by atoms with van der Waals surface area (Å²) in [6, 6.07) is 14.4. The van der Waals surface area contributed by atoms with E-state index in [1.54, 1.807) is 18.2 Å².